The van der Waals surface area contributed by atoms with Crippen LogP contribution in [0.3, 0.4) is 0 Å². The molecular formula is C15H15NO3S. The highest BCUT2D eigenvalue weighted by molar-refractivity contribution is 7.12. The van der Waals surface area contributed by atoms with Crippen molar-refractivity contribution in [2.45, 2.75) is 6.42 Å². The maximum Gasteiger partial charge on any atom is 0.338 e. The van der Waals surface area contributed by atoms with E-state index < -0.39 is 0 Å². The van der Waals surface area contributed by atoms with Crippen LogP contribution in [-0.4, -0.2) is 25.0 Å². The first-order valence-corrected chi connectivity index (χ1v) is 7.19. The molecule has 2 aromatic rings. The van der Waals surface area contributed by atoms with Gasteiger partial charge in [0.05, 0.1) is 17.0 Å². The summed E-state index contributed by atoms with van der Waals surface area (Å²) in [4.78, 5) is 23.9. The van der Waals surface area contributed by atoms with Gasteiger partial charge in [-0.3, -0.25) is 4.79 Å². The van der Waals surface area contributed by atoms with E-state index in [1.807, 2.05) is 17.5 Å². The summed E-state index contributed by atoms with van der Waals surface area (Å²) in [6.07, 6.45) is 0.593. The molecule has 4 nitrogen and oxygen atoms in total. The summed E-state index contributed by atoms with van der Waals surface area (Å²) in [6.45, 7) is 0.775. The molecule has 1 aromatic heterocycles. The maximum atomic E-state index is 11.6. The molecule has 0 radical (unpaired) electrons. The number of nitrogens with one attached hydrogen (secondary N) is 1. The van der Waals surface area contributed by atoms with Crippen molar-refractivity contribution >= 4 is 23.2 Å². The minimum Gasteiger partial charge on any atom is -0.462 e. The molecular weight excluding hydrogens is 274 g/mol. The van der Waals surface area contributed by atoms with Gasteiger partial charge in [-0.25, -0.2) is 4.79 Å². The van der Waals surface area contributed by atoms with E-state index in [-0.39, 0.29) is 11.9 Å². The fraction of sp³-hybridized carbons (Fsp3) is 0.200. The van der Waals surface area contributed by atoms with E-state index in [1.54, 1.807) is 30.3 Å². The molecule has 0 saturated heterocycles. The van der Waals surface area contributed by atoms with Crippen LogP contribution in [-0.2, 0) is 4.74 Å². The minimum atomic E-state index is -0.338. The molecule has 1 aromatic carbocycles. The van der Waals surface area contributed by atoms with E-state index in [4.69, 9.17) is 4.74 Å². The molecule has 0 bridgehead atoms. The summed E-state index contributed by atoms with van der Waals surface area (Å²) in [5.74, 6) is -0.426. The van der Waals surface area contributed by atoms with Crippen LogP contribution in [0.2, 0.25) is 0 Å². The van der Waals surface area contributed by atoms with Gasteiger partial charge in [-0.1, -0.05) is 24.3 Å². The smallest absolute Gasteiger partial charge is 0.338 e. The zero-order valence-electron chi connectivity index (χ0n) is 10.9. The molecule has 0 unspecified atom stereocenters. The Balaban J connectivity index is 1.62. The molecule has 5 heteroatoms. The topological polar surface area (TPSA) is 55.4 Å². The fourth-order valence-electron chi connectivity index (χ4n) is 1.59. The molecule has 0 fully saturated rings. The molecule has 0 saturated carbocycles. The second-order valence-electron chi connectivity index (χ2n) is 4.09. The van der Waals surface area contributed by atoms with E-state index in [0.29, 0.717) is 30.0 Å². The third-order valence-corrected chi connectivity index (χ3v) is 3.46. The second-order valence-corrected chi connectivity index (χ2v) is 5.04. The number of hydrogen-bond acceptors (Lipinski definition) is 4. The Hall–Kier alpha value is -2.14. The van der Waals surface area contributed by atoms with E-state index >= 15 is 0 Å². The molecule has 104 valence electrons. The Morgan fingerprint density at radius 1 is 1.10 bits per heavy atom. The van der Waals surface area contributed by atoms with Gasteiger partial charge >= 0.3 is 5.97 Å². The molecule has 0 aliphatic rings. The normalized spacial score (nSPS) is 10.0. The number of hydrogen-bond donors (Lipinski definition) is 1. The van der Waals surface area contributed by atoms with Crippen LogP contribution >= 0.6 is 11.3 Å². The lowest BCUT2D eigenvalue weighted by Crippen LogP contribution is -2.24. The SMILES string of the molecule is O=C(OCCCNC(=O)c1cccs1)c1ccccc1. The predicted molar refractivity (Wildman–Crippen MR) is 78.0 cm³/mol. The van der Waals surface area contributed by atoms with E-state index in [1.165, 1.54) is 11.3 Å². The fourth-order valence-corrected chi connectivity index (χ4v) is 2.23. The quantitative estimate of drug-likeness (QED) is 0.657. The van der Waals surface area contributed by atoms with Crippen LogP contribution in [0.4, 0.5) is 0 Å². The zero-order chi connectivity index (χ0) is 14.2. The summed E-state index contributed by atoms with van der Waals surface area (Å²) >= 11 is 1.40. The highest BCUT2D eigenvalue weighted by Crippen LogP contribution is 2.07. The van der Waals surface area contributed by atoms with Gasteiger partial charge in [-0.05, 0) is 30.0 Å². The number of rotatable bonds is 6. The summed E-state index contributed by atoms with van der Waals surface area (Å²) in [5, 5.41) is 4.64. The molecule has 0 aliphatic carbocycles. The summed E-state index contributed by atoms with van der Waals surface area (Å²) < 4.78 is 5.11. The van der Waals surface area contributed by atoms with Gasteiger partial charge in [0.1, 0.15) is 0 Å². The summed E-state index contributed by atoms with van der Waals surface area (Å²) in [6, 6.07) is 12.4. The third kappa shape index (κ3) is 4.20. The van der Waals surface area contributed by atoms with Gasteiger partial charge < -0.3 is 10.1 Å². The van der Waals surface area contributed by atoms with E-state index in [0.717, 1.165) is 0 Å². The van der Waals surface area contributed by atoms with Crippen molar-refractivity contribution in [2.75, 3.05) is 13.2 Å². The predicted octanol–water partition coefficient (Wildman–Crippen LogP) is 2.73. The average molecular weight is 289 g/mol. The molecule has 0 aliphatic heterocycles. The van der Waals surface area contributed by atoms with E-state index in [2.05, 4.69) is 5.32 Å². The van der Waals surface area contributed by atoms with Crippen molar-refractivity contribution in [2.24, 2.45) is 0 Å². The highest BCUT2D eigenvalue weighted by Gasteiger charge is 2.07. The molecule has 0 spiro atoms. The number of benzene rings is 1. The third-order valence-electron chi connectivity index (χ3n) is 2.59. The van der Waals surface area contributed by atoms with Crippen LogP contribution in [0.1, 0.15) is 26.5 Å². The molecule has 0 atom stereocenters. The largest absolute Gasteiger partial charge is 0.462 e. The Morgan fingerprint density at radius 3 is 2.60 bits per heavy atom. The Morgan fingerprint density at radius 2 is 1.90 bits per heavy atom. The Kier molecular flexibility index (Phi) is 5.32. The van der Waals surface area contributed by atoms with Crippen molar-refractivity contribution < 1.29 is 14.3 Å². The Labute approximate surface area is 121 Å². The standard InChI is InChI=1S/C15H15NO3S/c17-14(13-8-4-11-20-13)16-9-5-10-19-15(18)12-6-2-1-3-7-12/h1-4,6-8,11H,5,9-10H2,(H,16,17). The van der Waals surface area contributed by atoms with Gasteiger partial charge in [0.25, 0.3) is 5.91 Å². The van der Waals surface area contributed by atoms with Crippen molar-refractivity contribution in [1.29, 1.82) is 0 Å². The number of thiophene rings is 1. The van der Waals surface area contributed by atoms with Crippen molar-refractivity contribution in [3.63, 3.8) is 0 Å². The van der Waals surface area contributed by atoms with Crippen LogP contribution in [0, 0.1) is 0 Å². The number of carbonyl (C=O) groups is 2. The van der Waals surface area contributed by atoms with Gasteiger partial charge in [0.15, 0.2) is 0 Å². The van der Waals surface area contributed by atoms with Crippen LogP contribution < -0.4 is 5.32 Å². The van der Waals surface area contributed by atoms with Crippen LogP contribution in [0.15, 0.2) is 47.8 Å². The van der Waals surface area contributed by atoms with Gasteiger partial charge in [0.2, 0.25) is 0 Å². The molecule has 20 heavy (non-hydrogen) atoms. The van der Waals surface area contributed by atoms with Crippen LogP contribution in [0.25, 0.3) is 0 Å². The monoisotopic (exact) mass is 289 g/mol. The van der Waals surface area contributed by atoms with Crippen molar-refractivity contribution in [3.8, 4) is 0 Å². The van der Waals surface area contributed by atoms with Gasteiger partial charge in [-0.15, -0.1) is 11.3 Å². The minimum absolute atomic E-state index is 0.0885. The zero-order valence-corrected chi connectivity index (χ0v) is 11.7. The average Bonchev–Trinajstić information content (AvgIpc) is 3.01. The summed E-state index contributed by atoms with van der Waals surface area (Å²) in [5.41, 5.74) is 0.537. The lowest BCUT2D eigenvalue weighted by atomic mass is 10.2. The van der Waals surface area contributed by atoms with E-state index in [9.17, 15) is 9.59 Å². The number of carbonyl (C=O) groups excluding carboxylic acids is 2. The molecule has 1 amide bonds. The number of esters is 1. The van der Waals surface area contributed by atoms with Crippen LogP contribution in [0.5, 0.6) is 0 Å². The first-order valence-electron chi connectivity index (χ1n) is 6.31. The lowest BCUT2D eigenvalue weighted by molar-refractivity contribution is 0.0501. The first kappa shape index (κ1) is 14.3. The second kappa shape index (κ2) is 7.45. The Bertz CT molecular complexity index is 552. The molecule has 2 rings (SSSR count). The van der Waals surface area contributed by atoms with Crippen molar-refractivity contribution in [3.05, 3.63) is 58.3 Å². The highest BCUT2D eigenvalue weighted by atomic mass is 32.1. The first-order chi connectivity index (χ1) is 9.77. The lowest BCUT2D eigenvalue weighted by Gasteiger charge is -2.05. The number of amides is 1. The van der Waals surface area contributed by atoms with Gasteiger partial charge in [-0.2, -0.15) is 0 Å². The molecule has 1 N–H and O–H groups in total. The molecule has 1 heterocycles. The summed E-state index contributed by atoms with van der Waals surface area (Å²) in [7, 11) is 0. The van der Waals surface area contributed by atoms with Crippen molar-refractivity contribution in [1.82, 2.24) is 5.32 Å². The maximum absolute atomic E-state index is 11.6. The van der Waals surface area contributed by atoms with Gasteiger partial charge in [0, 0.05) is 6.54 Å². The number of ether oxygens (including phenoxy) is 1.